The first-order valence-corrected chi connectivity index (χ1v) is 17.6. The van der Waals surface area contributed by atoms with Crippen LogP contribution in [0.4, 0.5) is 10.5 Å². The number of fused-ring (bicyclic) bond motifs is 2. The summed E-state index contributed by atoms with van der Waals surface area (Å²) in [5, 5.41) is 0. The van der Waals surface area contributed by atoms with Crippen LogP contribution in [0.5, 0.6) is 0 Å². The third-order valence-corrected chi connectivity index (χ3v) is 12.2. The number of hydrogen-bond donors (Lipinski definition) is 0. The van der Waals surface area contributed by atoms with Crippen LogP contribution < -0.4 is 4.90 Å². The second-order valence-electron chi connectivity index (χ2n) is 12.8. The van der Waals surface area contributed by atoms with E-state index in [1.54, 1.807) is 57.9 Å². The third kappa shape index (κ3) is 5.35. The van der Waals surface area contributed by atoms with Gasteiger partial charge in [0.1, 0.15) is 17.9 Å². The Morgan fingerprint density at radius 1 is 1.04 bits per heavy atom. The molecule has 0 radical (unpaired) electrons. The molecule has 240 valence electrons. The Morgan fingerprint density at radius 3 is 2.39 bits per heavy atom. The van der Waals surface area contributed by atoms with E-state index in [4.69, 9.17) is 14.5 Å². The van der Waals surface area contributed by atoms with Crippen molar-refractivity contribution in [2.24, 2.45) is 0 Å². The smallest absolute Gasteiger partial charge is 0.419 e. The molecule has 9 nitrogen and oxygen atoms in total. The molecule has 46 heavy (non-hydrogen) atoms. The topological polar surface area (TPSA) is 94.0 Å². The van der Waals surface area contributed by atoms with Crippen LogP contribution in [0.3, 0.4) is 0 Å². The summed E-state index contributed by atoms with van der Waals surface area (Å²) < 4.78 is 16.3. The van der Waals surface area contributed by atoms with Crippen LogP contribution in [0.25, 0.3) is 6.08 Å². The molecule has 1 spiro atoms. The van der Waals surface area contributed by atoms with Crippen molar-refractivity contribution in [3.8, 4) is 0 Å². The molecule has 3 aliphatic heterocycles. The van der Waals surface area contributed by atoms with Crippen LogP contribution in [-0.4, -0.2) is 37.8 Å². The highest BCUT2D eigenvalue weighted by Gasteiger charge is 2.63. The average molecular weight is 882 g/mol. The maximum atomic E-state index is 14.4. The number of allylic oxidation sites excluding steroid dienone is 1. The van der Waals surface area contributed by atoms with Crippen LogP contribution >= 0.6 is 63.7 Å². The lowest BCUT2D eigenvalue weighted by Crippen LogP contribution is -2.60. The molecule has 1 fully saturated rings. The first kappa shape index (κ1) is 33.3. The van der Waals surface area contributed by atoms with E-state index >= 15 is 0 Å². The number of carbonyl (C=O) groups excluding carboxylic acids is 3. The predicted molar refractivity (Wildman–Crippen MR) is 188 cm³/mol. The van der Waals surface area contributed by atoms with E-state index in [9.17, 15) is 14.4 Å². The summed E-state index contributed by atoms with van der Waals surface area (Å²) in [6, 6.07) is 11.6. The minimum atomic E-state index is -1.17. The van der Waals surface area contributed by atoms with Gasteiger partial charge in [0, 0.05) is 31.3 Å². The van der Waals surface area contributed by atoms with E-state index in [1.807, 2.05) is 34.9 Å². The summed E-state index contributed by atoms with van der Waals surface area (Å²) in [7, 11) is 0. The lowest BCUT2D eigenvalue weighted by atomic mass is 9.74. The summed E-state index contributed by atoms with van der Waals surface area (Å²) in [5.74, 6) is -0.472. The SMILES string of the molecule is CC(C)(C)OC(=O)N1/C2=C\C(=O)C(C)(C)c3nc(Br)n(COCc4ccccc4)c3/C=C\N3C(=O)CC23c2c1cc(Br)c(Br)c2Br. The number of nitrogens with zero attached hydrogens (tertiary/aromatic N) is 4. The van der Waals surface area contributed by atoms with E-state index in [0.717, 1.165) is 5.56 Å². The lowest BCUT2D eigenvalue weighted by molar-refractivity contribution is -0.148. The number of amides is 2. The molecule has 1 saturated heterocycles. The molecular weight excluding hydrogens is 852 g/mol. The first-order valence-electron chi connectivity index (χ1n) is 14.4. The van der Waals surface area contributed by atoms with Gasteiger partial charge in [-0.1, -0.05) is 30.3 Å². The number of halogens is 4. The Morgan fingerprint density at radius 2 is 1.74 bits per heavy atom. The summed E-state index contributed by atoms with van der Waals surface area (Å²) in [5.41, 5.74) is 0.493. The van der Waals surface area contributed by atoms with Crippen LogP contribution in [-0.2, 0) is 43.4 Å². The van der Waals surface area contributed by atoms with Crippen molar-refractivity contribution in [1.29, 1.82) is 0 Å². The number of ether oxygens (including phenoxy) is 2. The minimum absolute atomic E-state index is 0.0336. The number of rotatable bonds is 4. The van der Waals surface area contributed by atoms with Gasteiger partial charge in [0.2, 0.25) is 5.91 Å². The summed E-state index contributed by atoms with van der Waals surface area (Å²) in [6.07, 6.45) is 4.34. The van der Waals surface area contributed by atoms with Crippen molar-refractivity contribution in [2.45, 2.75) is 70.9 Å². The standard InChI is InChI=1S/C33H30Br4N4O5/c1-31(2,3)46-30(44)41-21-13-19(34)26(35)27(36)25(21)33-15-24(43)40(33)12-11-20-28(32(4,5)23(42)14-22(33)41)38-29(37)39(20)17-45-16-18-9-7-6-8-10-18/h6-14H,15-17H2,1-5H3/b12-11-,22-14-. The molecule has 0 bridgehead atoms. The van der Waals surface area contributed by atoms with Gasteiger partial charge in [-0.25, -0.2) is 14.7 Å². The zero-order valence-corrected chi connectivity index (χ0v) is 32.0. The molecule has 4 heterocycles. The average Bonchev–Trinajstić information content (AvgIpc) is 3.44. The second-order valence-corrected chi connectivity index (χ2v) is 16.0. The van der Waals surface area contributed by atoms with Crippen LogP contribution in [0.2, 0.25) is 0 Å². The summed E-state index contributed by atoms with van der Waals surface area (Å²) >= 11 is 14.5. The number of imidazole rings is 1. The van der Waals surface area contributed by atoms with Gasteiger partial charge in [0.05, 0.1) is 41.2 Å². The number of anilines is 1. The highest BCUT2D eigenvalue weighted by Crippen LogP contribution is 2.62. The Labute approximate surface area is 300 Å². The van der Waals surface area contributed by atoms with Crippen LogP contribution in [0, 0.1) is 0 Å². The Hall–Kier alpha value is -2.58. The number of aromatic nitrogens is 2. The number of β-lactam (4-membered cyclic amide) rings is 1. The Balaban J connectivity index is 1.53. The molecule has 1 aromatic heterocycles. The molecule has 0 N–H and O–H groups in total. The van der Waals surface area contributed by atoms with E-state index in [-0.39, 0.29) is 24.8 Å². The fourth-order valence-corrected chi connectivity index (χ4v) is 8.22. The van der Waals surface area contributed by atoms with Gasteiger partial charge in [-0.2, -0.15) is 0 Å². The van der Waals surface area contributed by atoms with Crippen LogP contribution in [0.1, 0.15) is 63.6 Å². The van der Waals surface area contributed by atoms with Gasteiger partial charge >= 0.3 is 6.09 Å². The minimum Gasteiger partial charge on any atom is -0.443 e. The third-order valence-electron chi connectivity index (χ3n) is 8.27. The van der Waals surface area contributed by atoms with Gasteiger partial charge in [-0.05, 0) is 116 Å². The highest BCUT2D eigenvalue weighted by atomic mass is 79.9. The largest absolute Gasteiger partial charge is 0.443 e. The second kappa shape index (κ2) is 11.8. The molecule has 3 aliphatic rings. The molecule has 2 amide bonds. The van der Waals surface area contributed by atoms with Crippen molar-refractivity contribution >= 4 is 93.3 Å². The number of carbonyl (C=O) groups is 3. The normalized spacial score (nSPS) is 21.8. The molecular formula is C33H30Br4N4O5. The van der Waals surface area contributed by atoms with Crippen molar-refractivity contribution in [1.82, 2.24) is 14.5 Å². The van der Waals surface area contributed by atoms with Crippen molar-refractivity contribution < 1.29 is 23.9 Å². The van der Waals surface area contributed by atoms with E-state index in [1.165, 1.54) is 11.0 Å². The fourth-order valence-electron chi connectivity index (χ4n) is 6.01. The molecule has 6 rings (SSSR count). The molecule has 1 unspecified atom stereocenters. The Kier molecular flexibility index (Phi) is 8.57. The molecule has 3 aromatic rings. The van der Waals surface area contributed by atoms with Gasteiger partial charge in [0.25, 0.3) is 0 Å². The van der Waals surface area contributed by atoms with Crippen molar-refractivity contribution in [3.05, 3.63) is 95.0 Å². The molecule has 1 atom stereocenters. The van der Waals surface area contributed by atoms with E-state index in [0.29, 0.717) is 53.1 Å². The molecule has 0 saturated carbocycles. The van der Waals surface area contributed by atoms with Gasteiger partial charge in [-0.3, -0.25) is 14.2 Å². The van der Waals surface area contributed by atoms with Crippen molar-refractivity contribution in [3.63, 3.8) is 0 Å². The zero-order chi connectivity index (χ0) is 33.3. The molecule has 2 aromatic carbocycles. The first-order chi connectivity index (χ1) is 21.6. The maximum Gasteiger partial charge on any atom is 0.419 e. The van der Waals surface area contributed by atoms with Crippen LogP contribution in [0.15, 0.2) is 72.5 Å². The van der Waals surface area contributed by atoms with Gasteiger partial charge in [0.15, 0.2) is 10.5 Å². The van der Waals surface area contributed by atoms with Crippen molar-refractivity contribution in [2.75, 3.05) is 4.90 Å². The van der Waals surface area contributed by atoms with E-state index < -0.39 is 22.6 Å². The van der Waals surface area contributed by atoms with Gasteiger partial charge in [-0.15, -0.1) is 0 Å². The monoisotopic (exact) mass is 878 g/mol. The lowest BCUT2D eigenvalue weighted by Gasteiger charge is -2.50. The maximum absolute atomic E-state index is 14.4. The van der Waals surface area contributed by atoms with Gasteiger partial charge < -0.3 is 14.4 Å². The predicted octanol–water partition coefficient (Wildman–Crippen LogP) is 8.71. The number of hydrogen-bond acceptors (Lipinski definition) is 6. The zero-order valence-electron chi connectivity index (χ0n) is 25.7. The quantitative estimate of drug-likeness (QED) is 0.192. The summed E-state index contributed by atoms with van der Waals surface area (Å²) in [6.45, 7) is 9.46. The molecule has 0 aliphatic carbocycles. The summed E-state index contributed by atoms with van der Waals surface area (Å²) in [4.78, 5) is 49.7. The number of ketones is 1. The Bertz CT molecular complexity index is 1860. The fraction of sp³-hybridized carbons (Fsp3) is 0.333. The van der Waals surface area contributed by atoms with E-state index in [2.05, 4.69) is 63.7 Å². The highest BCUT2D eigenvalue weighted by molar-refractivity contribution is 9.14. The molecule has 13 heteroatoms. The number of benzene rings is 2.